The zero-order chi connectivity index (χ0) is 14.4. The molecular formula is C16H25N3O. The van der Waals surface area contributed by atoms with Crippen LogP contribution in [-0.4, -0.2) is 30.9 Å². The third-order valence-corrected chi connectivity index (χ3v) is 3.96. The molecule has 0 aromatic heterocycles. The van der Waals surface area contributed by atoms with E-state index in [-0.39, 0.29) is 5.91 Å². The molecule has 1 saturated carbocycles. The Kier molecular flexibility index (Phi) is 5.41. The minimum absolute atomic E-state index is 0.0630. The molecule has 0 radical (unpaired) electrons. The highest BCUT2D eigenvalue weighted by atomic mass is 16.1. The van der Waals surface area contributed by atoms with Gasteiger partial charge in [0.2, 0.25) is 5.91 Å². The molecule has 0 heterocycles. The van der Waals surface area contributed by atoms with Crippen LogP contribution in [0.2, 0.25) is 0 Å². The van der Waals surface area contributed by atoms with E-state index in [0.29, 0.717) is 12.1 Å². The third kappa shape index (κ3) is 4.85. The first-order valence-electron chi connectivity index (χ1n) is 7.47. The lowest BCUT2D eigenvalue weighted by Gasteiger charge is -2.20. The van der Waals surface area contributed by atoms with Crippen molar-refractivity contribution in [2.24, 2.45) is 5.92 Å². The topological polar surface area (TPSA) is 58.4 Å². The zero-order valence-corrected chi connectivity index (χ0v) is 12.3. The minimum atomic E-state index is 0.0630. The van der Waals surface area contributed by atoms with E-state index in [1.54, 1.807) is 12.1 Å². The summed E-state index contributed by atoms with van der Waals surface area (Å²) in [7, 11) is 2.11. The van der Waals surface area contributed by atoms with Crippen molar-refractivity contribution in [3.8, 4) is 0 Å². The number of hydrogen-bond donors (Lipinski definition) is 2. The lowest BCUT2D eigenvalue weighted by atomic mass is 10.1. The van der Waals surface area contributed by atoms with Crippen LogP contribution in [-0.2, 0) is 4.79 Å². The SMILES string of the molecule is CN(CCC(=O)Nc1ccc(N)cc1)CC1CCCC1. The fourth-order valence-electron chi connectivity index (χ4n) is 2.81. The first-order valence-corrected chi connectivity index (χ1v) is 7.47. The molecule has 2 rings (SSSR count). The van der Waals surface area contributed by atoms with E-state index in [0.717, 1.165) is 24.7 Å². The maximum Gasteiger partial charge on any atom is 0.225 e. The molecule has 0 unspecified atom stereocenters. The van der Waals surface area contributed by atoms with Crippen LogP contribution >= 0.6 is 0 Å². The first kappa shape index (κ1) is 14.9. The normalized spacial score (nSPS) is 15.7. The molecule has 0 bridgehead atoms. The van der Waals surface area contributed by atoms with Crippen molar-refractivity contribution in [1.82, 2.24) is 4.90 Å². The van der Waals surface area contributed by atoms with E-state index in [1.165, 1.54) is 25.7 Å². The average molecular weight is 275 g/mol. The number of amides is 1. The van der Waals surface area contributed by atoms with Gasteiger partial charge in [-0.3, -0.25) is 4.79 Å². The van der Waals surface area contributed by atoms with Crippen LogP contribution in [0.15, 0.2) is 24.3 Å². The summed E-state index contributed by atoms with van der Waals surface area (Å²) in [5, 5.41) is 2.90. The number of carbonyl (C=O) groups excluding carboxylic acids is 1. The third-order valence-electron chi connectivity index (χ3n) is 3.96. The van der Waals surface area contributed by atoms with Crippen molar-refractivity contribution < 1.29 is 4.79 Å². The standard InChI is InChI=1S/C16H25N3O/c1-19(12-13-4-2-3-5-13)11-10-16(20)18-15-8-6-14(17)7-9-15/h6-9,13H,2-5,10-12,17H2,1H3,(H,18,20). The van der Waals surface area contributed by atoms with Crippen LogP contribution in [0.3, 0.4) is 0 Å². The van der Waals surface area contributed by atoms with E-state index in [9.17, 15) is 4.79 Å². The van der Waals surface area contributed by atoms with Gasteiger partial charge in [0.05, 0.1) is 0 Å². The Morgan fingerprint density at radius 2 is 1.95 bits per heavy atom. The molecule has 1 aromatic rings. The number of carbonyl (C=O) groups is 1. The second-order valence-electron chi connectivity index (χ2n) is 5.83. The second kappa shape index (κ2) is 7.29. The van der Waals surface area contributed by atoms with E-state index in [2.05, 4.69) is 17.3 Å². The summed E-state index contributed by atoms with van der Waals surface area (Å²) < 4.78 is 0. The number of nitrogens with two attached hydrogens (primary N) is 1. The lowest BCUT2D eigenvalue weighted by Crippen LogP contribution is -2.28. The second-order valence-corrected chi connectivity index (χ2v) is 5.83. The molecule has 1 amide bonds. The highest BCUT2D eigenvalue weighted by molar-refractivity contribution is 5.90. The summed E-state index contributed by atoms with van der Waals surface area (Å²) in [6.45, 7) is 1.94. The fraction of sp³-hybridized carbons (Fsp3) is 0.562. The summed E-state index contributed by atoms with van der Waals surface area (Å²) in [5.41, 5.74) is 7.13. The molecule has 4 heteroatoms. The highest BCUT2D eigenvalue weighted by Crippen LogP contribution is 2.25. The molecule has 0 aliphatic heterocycles. The maximum atomic E-state index is 11.9. The van der Waals surface area contributed by atoms with Gasteiger partial charge in [0.1, 0.15) is 0 Å². The molecule has 1 aromatic carbocycles. The molecule has 0 spiro atoms. The summed E-state index contributed by atoms with van der Waals surface area (Å²) in [6.07, 6.45) is 5.98. The van der Waals surface area contributed by atoms with Crippen LogP contribution in [0.5, 0.6) is 0 Å². The van der Waals surface area contributed by atoms with Gasteiger partial charge in [-0.25, -0.2) is 0 Å². The number of rotatable bonds is 6. The predicted molar refractivity (Wildman–Crippen MR) is 83.6 cm³/mol. The lowest BCUT2D eigenvalue weighted by molar-refractivity contribution is -0.116. The van der Waals surface area contributed by atoms with Crippen LogP contribution in [0.1, 0.15) is 32.1 Å². The van der Waals surface area contributed by atoms with E-state index >= 15 is 0 Å². The van der Waals surface area contributed by atoms with Crippen LogP contribution < -0.4 is 11.1 Å². The fourth-order valence-corrected chi connectivity index (χ4v) is 2.81. The maximum absolute atomic E-state index is 11.9. The molecular weight excluding hydrogens is 250 g/mol. The average Bonchev–Trinajstić information content (AvgIpc) is 2.92. The zero-order valence-electron chi connectivity index (χ0n) is 12.3. The molecule has 20 heavy (non-hydrogen) atoms. The van der Waals surface area contributed by atoms with Crippen molar-refractivity contribution in [2.45, 2.75) is 32.1 Å². The van der Waals surface area contributed by atoms with Gasteiger partial charge in [-0.2, -0.15) is 0 Å². The molecule has 0 atom stereocenters. The first-order chi connectivity index (χ1) is 9.63. The largest absolute Gasteiger partial charge is 0.399 e. The van der Waals surface area contributed by atoms with Crippen LogP contribution in [0.25, 0.3) is 0 Å². The van der Waals surface area contributed by atoms with Gasteiger partial charge in [-0.05, 0) is 50.1 Å². The Hall–Kier alpha value is -1.55. The van der Waals surface area contributed by atoms with E-state index < -0.39 is 0 Å². The van der Waals surface area contributed by atoms with E-state index in [4.69, 9.17) is 5.73 Å². The van der Waals surface area contributed by atoms with Crippen LogP contribution in [0, 0.1) is 5.92 Å². The van der Waals surface area contributed by atoms with Crippen molar-refractivity contribution in [2.75, 3.05) is 31.2 Å². The molecule has 110 valence electrons. The van der Waals surface area contributed by atoms with Gasteiger partial charge in [0, 0.05) is 30.9 Å². The number of benzene rings is 1. The Morgan fingerprint density at radius 3 is 2.60 bits per heavy atom. The molecule has 1 aliphatic rings. The number of nitrogens with zero attached hydrogens (tertiary/aromatic N) is 1. The van der Waals surface area contributed by atoms with Gasteiger partial charge in [0.25, 0.3) is 0 Å². The number of anilines is 2. The van der Waals surface area contributed by atoms with Crippen molar-refractivity contribution in [1.29, 1.82) is 0 Å². The summed E-state index contributed by atoms with van der Waals surface area (Å²) >= 11 is 0. The van der Waals surface area contributed by atoms with Gasteiger partial charge >= 0.3 is 0 Å². The summed E-state index contributed by atoms with van der Waals surface area (Å²) in [5.74, 6) is 0.896. The molecule has 3 N–H and O–H groups in total. The Labute approximate surface area is 121 Å². The highest BCUT2D eigenvalue weighted by Gasteiger charge is 2.17. The Balaban J connectivity index is 1.67. The summed E-state index contributed by atoms with van der Waals surface area (Å²) in [6, 6.07) is 7.24. The number of nitrogen functional groups attached to an aromatic ring is 1. The van der Waals surface area contributed by atoms with Gasteiger partial charge in [-0.1, -0.05) is 12.8 Å². The predicted octanol–water partition coefficient (Wildman–Crippen LogP) is 2.72. The molecule has 1 fully saturated rings. The van der Waals surface area contributed by atoms with Gasteiger partial charge < -0.3 is 16.0 Å². The number of nitrogens with one attached hydrogen (secondary N) is 1. The minimum Gasteiger partial charge on any atom is -0.399 e. The van der Waals surface area contributed by atoms with Crippen molar-refractivity contribution in [3.05, 3.63) is 24.3 Å². The Bertz CT molecular complexity index is 424. The molecule has 1 aliphatic carbocycles. The number of hydrogen-bond acceptors (Lipinski definition) is 3. The molecule has 4 nitrogen and oxygen atoms in total. The van der Waals surface area contributed by atoms with Crippen LogP contribution in [0.4, 0.5) is 11.4 Å². The van der Waals surface area contributed by atoms with Crippen molar-refractivity contribution >= 4 is 17.3 Å². The smallest absolute Gasteiger partial charge is 0.225 e. The molecule has 0 saturated heterocycles. The quantitative estimate of drug-likeness (QED) is 0.785. The summed E-state index contributed by atoms with van der Waals surface area (Å²) in [4.78, 5) is 14.1. The van der Waals surface area contributed by atoms with E-state index in [1.807, 2.05) is 12.1 Å². The monoisotopic (exact) mass is 275 g/mol. The van der Waals surface area contributed by atoms with Gasteiger partial charge in [-0.15, -0.1) is 0 Å². The van der Waals surface area contributed by atoms with Gasteiger partial charge in [0.15, 0.2) is 0 Å². The van der Waals surface area contributed by atoms with Crippen molar-refractivity contribution in [3.63, 3.8) is 0 Å². The Morgan fingerprint density at radius 1 is 1.30 bits per heavy atom.